The van der Waals surface area contributed by atoms with Crippen LogP contribution in [0.2, 0.25) is 5.02 Å². The fourth-order valence-electron chi connectivity index (χ4n) is 1.63. The molecule has 2 rings (SSSR count). The first kappa shape index (κ1) is 14.7. The summed E-state index contributed by atoms with van der Waals surface area (Å²) < 4.78 is 0. The van der Waals surface area contributed by atoms with Crippen LogP contribution >= 0.6 is 22.9 Å². The van der Waals surface area contributed by atoms with Crippen molar-refractivity contribution in [2.45, 2.75) is 25.8 Å². The zero-order valence-electron chi connectivity index (χ0n) is 10.8. The van der Waals surface area contributed by atoms with Gasteiger partial charge in [-0.3, -0.25) is 10.1 Å². The topological polar surface area (TPSA) is 79.8 Å². The summed E-state index contributed by atoms with van der Waals surface area (Å²) in [6.07, 6.45) is 3.68. The van der Waals surface area contributed by atoms with Gasteiger partial charge in [-0.1, -0.05) is 11.6 Å². The van der Waals surface area contributed by atoms with Crippen LogP contribution in [0, 0.1) is 0 Å². The zero-order valence-corrected chi connectivity index (χ0v) is 12.4. The molecule has 8 heteroatoms. The lowest BCUT2D eigenvalue weighted by molar-refractivity contribution is -0.105. The number of hydrogen-bond acceptors (Lipinski definition) is 6. The molecule has 2 aromatic heterocycles. The van der Waals surface area contributed by atoms with Crippen LogP contribution in [0.5, 0.6) is 0 Å². The van der Waals surface area contributed by atoms with Gasteiger partial charge in [-0.05, 0) is 31.2 Å². The average molecular weight is 312 g/mol. The van der Waals surface area contributed by atoms with Gasteiger partial charge in [0.25, 0.3) is 0 Å². The molecule has 0 radical (unpaired) electrons. The summed E-state index contributed by atoms with van der Waals surface area (Å²) in [6, 6.07) is 2.09. The van der Waals surface area contributed by atoms with E-state index in [0.29, 0.717) is 12.4 Å². The molecule has 2 heterocycles. The molecule has 1 amide bonds. The number of anilines is 2. The standard InChI is InChI=1S/C12H14ClN5OS/c1-8(2-3-10-9(13)4-5-20-10)17-12-15-6-14-11(18-12)16-7-19/h4-8H,2-3H2,1H3,(H2,14,15,16,17,18,19). The van der Waals surface area contributed by atoms with Gasteiger partial charge in [0.05, 0.1) is 5.02 Å². The van der Waals surface area contributed by atoms with E-state index >= 15 is 0 Å². The normalized spacial score (nSPS) is 11.9. The van der Waals surface area contributed by atoms with Crippen LogP contribution in [-0.2, 0) is 11.2 Å². The largest absolute Gasteiger partial charge is 0.352 e. The second kappa shape index (κ2) is 7.16. The van der Waals surface area contributed by atoms with Crippen molar-refractivity contribution in [1.29, 1.82) is 0 Å². The molecule has 106 valence electrons. The first-order valence-corrected chi connectivity index (χ1v) is 7.32. The van der Waals surface area contributed by atoms with Gasteiger partial charge in [0.1, 0.15) is 6.33 Å². The number of aromatic nitrogens is 3. The second-order valence-electron chi connectivity index (χ2n) is 4.17. The molecule has 0 fully saturated rings. The van der Waals surface area contributed by atoms with Gasteiger partial charge in [-0.2, -0.15) is 4.98 Å². The number of carbonyl (C=O) groups excluding carboxylic acids is 1. The summed E-state index contributed by atoms with van der Waals surface area (Å²) in [5.74, 6) is 0.667. The smallest absolute Gasteiger partial charge is 0.233 e. The molecule has 0 aromatic carbocycles. The SMILES string of the molecule is CC(CCc1sccc1Cl)Nc1ncnc(NC=O)n1. The first-order valence-electron chi connectivity index (χ1n) is 6.06. The fraction of sp³-hybridized carbons (Fsp3) is 0.333. The Bertz CT molecular complexity index is 576. The minimum atomic E-state index is 0.180. The van der Waals surface area contributed by atoms with E-state index in [-0.39, 0.29) is 12.0 Å². The van der Waals surface area contributed by atoms with E-state index in [0.717, 1.165) is 17.9 Å². The lowest BCUT2D eigenvalue weighted by atomic mass is 10.1. The van der Waals surface area contributed by atoms with Gasteiger partial charge in [-0.15, -0.1) is 11.3 Å². The van der Waals surface area contributed by atoms with Crippen LogP contribution in [0.15, 0.2) is 17.8 Å². The van der Waals surface area contributed by atoms with Crippen molar-refractivity contribution in [3.8, 4) is 0 Å². The van der Waals surface area contributed by atoms with Crippen molar-refractivity contribution in [2.75, 3.05) is 10.6 Å². The number of thiophene rings is 1. The van der Waals surface area contributed by atoms with Gasteiger partial charge in [-0.25, -0.2) is 9.97 Å². The maximum atomic E-state index is 10.3. The number of carbonyl (C=O) groups is 1. The Morgan fingerprint density at radius 3 is 2.95 bits per heavy atom. The summed E-state index contributed by atoms with van der Waals surface area (Å²) in [5, 5.41) is 8.35. The third-order valence-corrected chi connectivity index (χ3v) is 4.08. The van der Waals surface area contributed by atoms with E-state index < -0.39 is 0 Å². The Morgan fingerprint density at radius 1 is 1.45 bits per heavy atom. The van der Waals surface area contributed by atoms with Crippen molar-refractivity contribution >= 4 is 41.2 Å². The van der Waals surface area contributed by atoms with Crippen LogP contribution in [0.1, 0.15) is 18.2 Å². The maximum absolute atomic E-state index is 10.3. The van der Waals surface area contributed by atoms with Gasteiger partial charge in [0.2, 0.25) is 18.3 Å². The number of nitrogens with one attached hydrogen (secondary N) is 2. The number of hydrogen-bond donors (Lipinski definition) is 2. The Kier molecular flexibility index (Phi) is 5.25. The highest BCUT2D eigenvalue weighted by Crippen LogP contribution is 2.24. The Morgan fingerprint density at radius 2 is 2.25 bits per heavy atom. The molecule has 1 unspecified atom stereocenters. The van der Waals surface area contributed by atoms with Crippen LogP contribution in [0.25, 0.3) is 0 Å². The van der Waals surface area contributed by atoms with Crippen LogP contribution in [0.4, 0.5) is 11.9 Å². The molecule has 2 aromatic rings. The quantitative estimate of drug-likeness (QED) is 0.768. The molecule has 0 aliphatic heterocycles. The van der Waals surface area contributed by atoms with E-state index in [1.807, 2.05) is 18.4 Å². The van der Waals surface area contributed by atoms with Crippen molar-refractivity contribution in [3.63, 3.8) is 0 Å². The molecular formula is C12H14ClN5OS. The van der Waals surface area contributed by atoms with E-state index in [4.69, 9.17) is 11.6 Å². The molecule has 0 aliphatic rings. The Labute approximate surface area is 125 Å². The Balaban J connectivity index is 1.87. The lowest BCUT2D eigenvalue weighted by Gasteiger charge is -2.13. The number of nitrogens with zero attached hydrogens (tertiary/aromatic N) is 3. The minimum absolute atomic E-state index is 0.180. The third-order valence-electron chi connectivity index (χ3n) is 2.63. The summed E-state index contributed by atoms with van der Waals surface area (Å²) in [7, 11) is 0. The minimum Gasteiger partial charge on any atom is -0.352 e. The van der Waals surface area contributed by atoms with Crippen molar-refractivity contribution < 1.29 is 4.79 Å². The summed E-state index contributed by atoms with van der Waals surface area (Å²) >= 11 is 7.71. The predicted molar refractivity (Wildman–Crippen MR) is 80.2 cm³/mol. The van der Waals surface area contributed by atoms with Crippen LogP contribution in [0.3, 0.4) is 0 Å². The van der Waals surface area contributed by atoms with E-state index in [9.17, 15) is 4.79 Å². The van der Waals surface area contributed by atoms with Crippen LogP contribution in [-0.4, -0.2) is 27.4 Å². The summed E-state index contributed by atoms with van der Waals surface area (Å²) in [6.45, 7) is 2.04. The molecule has 2 N–H and O–H groups in total. The van der Waals surface area contributed by atoms with Crippen molar-refractivity contribution in [3.05, 3.63) is 27.7 Å². The second-order valence-corrected chi connectivity index (χ2v) is 5.58. The third kappa shape index (κ3) is 4.14. The van der Waals surface area contributed by atoms with Crippen molar-refractivity contribution in [1.82, 2.24) is 15.0 Å². The monoisotopic (exact) mass is 311 g/mol. The highest BCUT2D eigenvalue weighted by Gasteiger charge is 2.08. The average Bonchev–Trinajstić information content (AvgIpc) is 2.83. The Hall–Kier alpha value is -1.73. The molecule has 1 atom stereocenters. The predicted octanol–water partition coefficient (Wildman–Crippen LogP) is 2.59. The van der Waals surface area contributed by atoms with E-state index in [1.54, 1.807) is 11.3 Å². The first-order chi connectivity index (χ1) is 9.69. The number of halogens is 1. The van der Waals surface area contributed by atoms with Gasteiger partial charge < -0.3 is 5.32 Å². The zero-order chi connectivity index (χ0) is 14.4. The molecule has 20 heavy (non-hydrogen) atoms. The highest BCUT2D eigenvalue weighted by molar-refractivity contribution is 7.10. The number of rotatable bonds is 7. The molecule has 0 bridgehead atoms. The molecule has 0 aliphatic carbocycles. The van der Waals surface area contributed by atoms with Crippen LogP contribution < -0.4 is 10.6 Å². The molecule has 0 spiro atoms. The maximum Gasteiger partial charge on any atom is 0.233 e. The lowest BCUT2D eigenvalue weighted by Crippen LogP contribution is -2.18. The van der Waals surface area contributed by atoms with Crippen molar-refractivity contribution in [2.24, 2.45) is 0 Å². The van der Waals surface area contributed by atoms with E-state index in [1.165, 1.54) is 11.2 Å². The summed E-state index contributed by atoms with van der Waals surface area (Å²) in [5.41, 5.74) is 0. The number of aryl methyl sites for hydroxylation is 1. The fourth-order valence-corrected chi connectivity index (χ4v) is 2.78. The number of amides is 1. The summed E-state index contributed by atoms with van der Waals surface area (Å²) in [4.78, 5) is 23.4. The highest BCUT2D eigenvalue weighted by atomic mass is 35.5. The molecule has 0 saturated carbocycles. The van der Waals surface area contributed by atoms with E-state index in [2.05, 4.69) is 25.6 Å². The molecule has 0 saturated heterocycles. The van der Waals surface area contributed by atoms with Gasteiger partial charge in [0.15, 0.2) is 0 Å². The van der Waals surface area contributed by atoms with Gasteiger partial charge in [0, 0.05) is 10.9 Å². The molecular weight excluding hydrogens is 298 g/mol. The van der Waals surface area contributed by atoms with Gasteiger partial charge >= 0.3 is 0 Å². The molecule has 6 nitrogen and oxygen atoms in total.